The zero-order valence-corrected chi connectivity index (χ0v) is 13.4. The van der Waals surface area contributed by atoms with Crippen molar-refractivity contribution in [1.82, 2.24) is 5.32 Å². The molecular formula is C16H15Cl2NO3. The van der Waals surface area contributed by atoms with Crippen molar-refractivity contribution in [3.05, 3.63) is 58.1 Å². The molecule has 0 saturated carbocycles. The predicted molar refractivity (Wildman–Crippen MR) is 86.8 cm³/mol. The van der Waals surface area contributed by atoms with Crippen molar-refractivity contribution in [2.75, 3.05) is 13.7 Å². The van der Waals surface area contributed by atoms with E-state index in [4.69, 9.17) is 32.7 Å². The minimum absolute atomic E-state index is 0.119. The number of benzene rings is 2. The fraction of sp³-hybridized carbons (Fsp3) is 0.188. The number of amides is 1. The van der Waals surface area contributed by atoms with Gasteiger partial charge in [-0.2, -0.15) is 0 Å². The second-order valence-corrected chi connectivity index (χ2v) is 5.36. The van der Waals surface area contributed by atoms with Crippen molar-refractivity contribution in [3.63, 3.8) is 0 Å². The van der Waals surface area contributed by atoms with E-state index in [9.17, 15) is 4.79 Å². The Kier molecular flexibility index (Phi) is 5.92. The van der Waals surface area contributed by atoms with Crippen molar-refractivity contribution in [3.8, 4) is 11.5 Å². The van der Waals surface area contributed by atoms with Gasteiger partial charge in [-0.15, -0.1) is 0 Å². The molecule has 0 aromatic heterocycles. The number of halogens is 2. The zero-order valence-electron chi connectivity index (χ0n) is 11.9. The Labute approximate surface area is 138 Å². The van der Waals surface area contributed by atoms with Crippen LogP contribution in [-0.4, -0.2) is 19.6 Å². The Morgan fingerprint density at radius 2 is 1.82 bits per heavy atom. The number of hydrogen-bond acceptors (Lipinski definition) is 3. The number of carbonyl (C=O) groups is 1. The van der Waals surface area contributed by atoms with Crippen molar-refractivity contribution in [1.29, 1.82) is 0 Å². The number of methoxy groups -OCH3 is 1. The number of para-hydroxylation sites is 1. The summed E-state index contributed by atoms with van der Waals surface area (Å²) in [5, 5.41) is 3.67. The summed E-state index contributed by atoms with van der Waals surface area (Å²) >= 11 is 11.7. The van der Waals surface area contributed by atoms with Gasteiger partial charge in [0.05, 0.1) is 7.11 Å². The molecule has 1 N–H and O–H groups in total. The van der Waals surface area contributed by atoms with E-state index in [2.05, 4.69) is 5.32 Å². The maximum Gasteiger partial charge on any atom is 0.258 e. The van der Waals surface area contributed by atoms with E-state index in [1.807, 2.05) is 24.3 Å². The standard InChI is InChI=1S/C16H15Cl2NO3/c1-21-15-5-3-2-4-11(15)9-19-16(20)10-22-14-7-12(17)6-13(18)8-14/h2-8H,9-10H2,1H3,(H,19,20). The lowest BCUT2D eigenvalue weighted by Gasteiger charge is -2.10. The highest BCUT2D eigenvalue weighted by Gasteiger charge is 2.07. The molecule has 22 heavy (non-hydrogen) atoms. The van der Waals surface area contributed by atoms with Gasteiger partial charge in [-0.05, 0) is 24.3 Å². The molecule has 2 aromatic carbocycles. The molecule has 0 aliphatic carbocycles. The maximum atomic E-state index is 11.8. The number of rotatable bonds is 6. The summed E-state index contributed by atoms with van der Waals surface area (Å²) in [6.45, 7) is 0.244. The summed E-state index contributed by atoms with van der Waals surface area (Å²) < 4.78 is 10.6. The Morgan fingerprint density at radius 1 is 1.14 bits per heavy atom. The first kappa shape index (κ1) is 16.5. The second kappa shape index (κ2) is 7.92. The minimum Gasteiger partial charge on any atom is -0.496 e. The van der Waals surface area contributed by atoms with Crippen LogP contribution in [0.25, 0.3) is 0 Å². The highest BCUT2D eigenvalue weighted by Crippen LogP contribution is 2.24. The van der Waals surface area contributed by atoms with Crippen LogP contribution in [0.3, 0.4) is 0 Å². The molecular weight excluding hydrogens is 325 g/mol. The molecule has 0 spiro atoms. The smallest absolute Gasteiger partial charge is 0.258 e. The number of carbonyl (C=O) groups excluding carboxylic acids is 1. The van der Waals surface area contributed by atoms with Crippen LogP contribution in [0.5, 0.6) is 11.5 Å². The quantitative estimate of drug-likeness (QED) is 0.872. The molecule has 0 saturated heterocycles. The average molecular weight is 340 g/mol. The summed E-state index contributed by atoms with van der Waals surface area (Å²) in [5.41, 5.74) is 0.893. The van der Waals surface area contributed by atoms with Gasteiger partial charge >= 0.3 is 0 Å². The van der Waals surface area contributed by atoms with Crippen LogP contribution in [0.1, 0.15) is 5.56 Å². The molecule has 0 radical (unpaired) electrons. The summed E-state index contributed by atoms with van der Waals surface area (Å²) in [6, 6.07) is 12.3. The van der Waals surface area contributed by atoms with E-state index < -0.39 is 0 Å². The molecule has 2 rings (SSSR count). The molecule has 116 valence electrons. The fourth-order valence-electron chi connectivity index (χ4n) is 1.85. The normalized spacial score (nSPS) is 10.1. The minimum atomic E-state index is -0.248. The van der Waals surface area contributed by atoms with Crippen LogP contribution in [0, 0.1) is 0 Å². The van der Waals surface area contributed by atoms with Crippen LogP contribution in [-0.2, 0) is 11.3 Å². The summed E-state index contributed by atoms with van der Waals surface area (Å²) in [5.74, 6) is 0.928. The monoisotopic (exact) mass is 339 g/mol. The Balaban J connectivity index is 1.85. The fourth-order valence-corrected chi connectivity index (χ4v) is 2.36. The van der Waals surface area contributed by atoms with Crippen LogP contribution in [0.15, 0.2) is 42.5 Å². The molecule has 0 aliphatic rings. The van der Waals surface area contributed by atoms with E-state index in [1.165, 1.54) is 0 Å². The third-order valence-corrected chi connectivity index (χ3v) is 3.31. The number of nitrogens with one attached hydrogen (secondary N) is 1. The third kappa shape index (κ3) is 4.83. The SMILES string of the molecule is COc1ccccc1CNC(=O)COc1cc(Cl)cc(Cl)c1. The van der Waals surface area contributed by atoms with E-state index in [-0.39, 0.29) is 12.5 Å². The van der Waals surface area contributed by atoms with Gasteiger partial charge in [-0.3, -0.25) is 4.79 Å². The number of ether oxygens (including phenoxy) is 2. The van der Waals surface area contributed by atoms with Gasteiger partial charge in [0.2, 0.25) is 0 Å². The molecule has 0 aliphatic heterocycles. The van der Waals surface area contributed by atoms with Gasteiger partial charge in [0.1, 0.15) is 11.5 Å². The van der Waals surface area contributed by atoms with Gasteiger partial charge in [0.25, 0.3) is 5.91 Å². The van der Waals surface area contributed by atoms with Crippen LogP contribution in [0.4, 0.5) is 0 Å². The highest BCUT2D eigenvalue weighted by molar-refractivity contribution is 6.34. The lowest BCUT2D eigenvalue weighted by molar-refractivity contribution is -0.123. The Morgan fingerprint density at radius 3 is 2.50 bits per heavy atom. The molecule has 1 amide bonds. The lowest BCUT2D eigenvalue weighted by Crippen LogP contribution is -2.28. The second-order valence-electron chi connectivity index (χ2n) is 4.48. The van der Waals surface area contributed by atoms with Gasteiger partial charge in [0.15, 0.2) is 6.61 Å². The summed E-state index contributed by atoms with van der Waals surface area (Å²) in [7, 11) is 1.59. The van der Waals surface area contributed by atoms with E-state index >= 15 is 0 Å². The largest absolute Gasteiger partial charge is 0.496 e. The van der Waals surface area contributed by atoms with Gasteiger partial charge in [0, 0.05) is 22.2 Å². The lowest BCUT2D eigenvalue weighted by atomic mass is 10.2. The van der Waals surface area contributed by atoms with Gasteiger partial charge in [-0.1, -0.05) is 41.4 Å². The Hall–Kier alpha value is -1.91. The van der Waals surface area contributed by atoms with Gasteiger partial charge in [-0.25, -0.2) is 0 Å². The first-order chi connectivity index (χ1) is 10.6. The first-order valence-corrected chi connectivity index (χ1v) is 7.31. The molecule has 0 atom stereocenters. The average Bonchev–Trinajstić information content (AvgIpc) is 2.50. The maximum absolute atomic E-state index is 11.8. The molecule has 0 heterocycles. The van der Waals surface area contributed by atoms with Crippen molar-refractivity contribution in [2.24, 2.45) is 0 Å². The van der Waals surface area contributed by atoms with Gasteiger partial charge < -0.3 is 14.8 Å². The van der Waals surface area contributed by atoms with E-state index in [0.717, 1.165) is 11.3 Å². The van der Waals surface area contributed by atoms with Crippen LogP contribution >= 0.6 is 23.2 Å². The van der Waals surface area contributed by atoms with Crippen molar-refractivity contribution >= 4 is 29.1 Å². The summed E-state index contributed by atoms with van der Waals surface area (Å²) in [6.07, 6.45) is 0. The Bertz CT molecular complexity index is 641. The molecule has 0 bridgehead atoms. The third-order valence-electron chi connectivity index (χ3n) is 2.87. The molecule has 0 fully saturated rings. The molecule has 6 heteroatoms. The van der Waals surface area contributed by atoms with Crippen LogP contribution in [0.2, 0.25) is 10.0 Å². The number of hydrogen-bond donors (Lipinski definition) is 1. The van der Waals surface area contributed by atoms with E-state index in [1.54, 1.807) is 25.3 Å². The van der Waals surface area contributed by atoms with Crippen LogP contribution < -0.4 is 14.8 Å². The molecule has 0 unspecified atom stereocenters. The first-order valence-electron chi connectivity index (χ1n) is 6.56. The molecule has 4 nitrogen and oxygen atoms in total. The predicted octanol–water partition coefficient (Wildman–Crippen LogP) is 3.70. The summed E-state index contributed by atoms with van der Waals surface area (Å²) in [4.78, 5) is 11.8. The van der Waals surface area contributed by atoms with Crippen molar-refractivity contribution < 1.29 is 14.3 Å². The molecule has 2 aromatic rings. The van der Waals surface area contributed by atoms with E-state index in [0.29, 0.717) is 22.3 Å². The highest BCUT2D eigenvalue weighted by atomic mass is 35.5. The topological polar surface area (TPSA) is 47.6 Å². The zero-order chi connectivity index (χ0) is 15.9. The van der Waals surface area contributed by atoms with Crippen molar-refractivity contribution in [2.45, 2.75) is 6.54 Å².